The number of halogens is 2. The van der Waals surface area contributed by atoms with Crippen LogP contribution in [0.1, 0.15) is 22.8 Å². The van der Waals surface area contributed by atoms with Gasteiger partial charge in [-0.3, -0.25) is 4.79 Å². The largest absolute Gasteiger partial charge is 0.398 e. The van der Waals surface area contributed by atoms with Crippen LogP contribution in [-0.2, 0) is 6.42 Å². The molecule has 1 amide bonds. The highest BCUT2D eigenvalue weighted by Crippen LogP contribution is 2.23. The first-order valence-corrected chi connectivity index (χ1v) is 6.96. The van der Waals surface area contributed by atoms with Gasteiger partial charge in [0.25, 0.3) is 5.91 Å². The molecular weight excluding hydrogens is 323 g/mol. The third kappa shape index (κ3) is 2.99. The van der Waals surface area contributed by atoms with Crippen molar-refractivity contribution in [2.24, 2.45) is 0 Å². The molecule has 0 aliphatic heterocycles. The summed E-state index contributed by atoms with van der Waals surface area (Å²) in [6, 6.07) is 9.67. The highest BCUT2D eigenvalue weighted by atomic mass is 79.9. The molecule has 3 N–H and O–H groups in total. The van der Waals surface area contributed by atoms with E-state index in [9.17, 15) is 9.18 Å². The first kappa shape index (κ1) is 14.5. The first-order chi connectivity index (χ1) is 9.52. The molecule has 0 saturated carbocycles. The Morgan fingerprint density at radius 1 is 1.35 bits per heavy atom. The van der Waals surface area contributed by atoms with E-state index in [4.69, 9.17) is 5.73 Å². The molecule has 0 unspecified atom stereocenters. The lowest BCUT2D eigenvalue weighted by Crippen LogP contribution is -2.14. The summed E-state index contributed by atoms with van der Waals surface area (Å²) in [6.07, 6.45) is 0.818. The number of nitrogens with one attached hydrogen (secondary N) is 1. The number of hydrogen-bond acceptors (Lipinski definition) is 2. The fraction of sp³-hybridized carbons (Fsp3) is 0.133. The predicted molar refractivity (Wildman–Crippen MR) is 82.3 cm³/mol. The van der Waals surface area contributed by atoms with Gasteiger partial charge >= 0.3 is 0 Å². The Labute approximate surface area is 125 Å². The Balaban J connectivity index is 2.26. The summed E-state index contributed by atoms with van der Waals surface area (Å²) in [5.74, 6) is -1.09. The van der Waals surface area contributed by atoms with Gasteiger partial charge in [-0.05, 0) is 52.2 Å². The highest BCUT2D eigenvalue weighted by molar-refractivity contribution is 9.10. The third-order valence-corrected chi connectivity index (χ3v) is 3.64. The van der Waals surface area contributed by atoms with E-state index >= 15 is 0 Å². The van der Waals surface area contributed by atoms with Gasteiger partial charge in [-0.15, -0.1) is 0 Å². The van der Waals surface area contributed by atoms with Crippen LogP contribution in [0.15, 0.2) is 40.9 Å². The Hall–Kier alpha value is -1.88. The number of carbonyl (C=O) groups excluding carboxylic acids is 1. The molecule has 104 valence electrons. The number of aryl methyl sites for hydroxylation is 1. The van der Waals surface area contributed by atoms with Crippen LogP contribution in [0.25, 0.3) is 0 Å². The predicted octanol–water partition coefficient (Wildman–Crippen LogP) is 3.99. The van der Waals surface area contributed by atoms with E-state index in [-0.39, 0.29) is 5.56 Å². The van der Waals surface area contributed by atoms with Crippen LogP contribution >= 0.6 is 15.9 Å². The first-order valence-electron chi connectivity index (χ1n) is 6.16. The number of rotatable bonds is 3. The lowest BCUT2D eigenvalue weighted by molar-refractivity contribution is 0.102. The summed E-state index contributed by atoms with van der Waals surface area (Å²) in [5, 5.41) is 2.64. The van der Waals surface area contributed by atoms with E-state index < -0.39 is 11.7 Å². The number of hydrogen-bond donors (Lipinski definition) is 2. The lowest BCUT2D eigenvalue weighted by atomic mass is 10.1. The summed E-state index contributed by atoms with van der Waals surface area (Å²) < 4.78 is 14.1. The zero-order valence-electron chi connectivity index (χ0n) is 10.9. The number of amides is 1. The van der Waals surface area contributed by atoms with Crippen molar-refractivity contribution < 1.29 is 9.18 Å². The fourth-order valence-corrected chi connectivity index (χ4v) is 2.43. The van der Waals surface area contributed by atoms with Crippen molar-refractivity contribution in [3.8, 4) is 0 Å². The Morgan fingerprint density at radius 3 is 2.70 bits per heavy atom. The van der Waals surface area contributed by atoms with Crippen molar-refractivity contribution >= 4 is 33.2 Å². The SMILES string of the molecule is CCc1ccc(NC(=O)c2c(F)cccc2Br)cc1N. The van der Waals surface area contributed by atoms with Crippen LogP contribution in [0.5, 0.6) is 0 Å². The molecule has 0 saturated heterocycles. The molecular formula is C15H14BrFN2O. The Morgan fingerprint density at radius 2 is 2.10 bits per heavy atom. The van der Waals surface area contributed by atoms with E-state index in [0.29, 0.717) is 15.8 Å². The smallest absolute Gasteiger partial charge is 0.259 e. The minimum absolute atomic E-state index is 0.0226. The van der Waals surface area contributed by atoms with Gasteiger partial charge < -0.3 is 11.1 Å². The maximum absolute atomic E-state index is 13.7. The van der Waals surface area contributed by atoms with Gasteiger partial charge in [-0.1, -0.05) is 19.1 Å². The summed E-state index contributed by atoms with van der Waals surface area (Å²) in [7, 11) is 0. The summed E-state index contributed by atoms with van der Waals surface area (Å²) >= 11 is 3.17. The molecule has 0 spiro atoms. The number of nitrogen functional groups attached to an aromatic ring is 1. The third-order valence-electron chi connectivity index (χ3n) is 2.97. The molecule has 2 aromatic rings. The second-order valence-corrected chi connectivity index (χ2v) is 5.17. The Kier molecular flexibility index (Phi) is 4.39. The van der Waals surface area contributed by atoms with Crippen LogP contribution in [-0.4, -0.2) is 5.91 Å². The minimum atomic E-state index is -0.574. The van der Waals surface area contributed by atoms with Gasteiger partial charge in [0.15, 0.2) is 0 Å². The second-order valence-electron chi connectivity index (χ2n) is 4.32. The molecule has 0 bridgehead atoms. The summed E-state index contributed by atoms with van der Waals surface area (Å²) in [4.78, 5) is 12.1. The normalized spacial score (nSPS) is 10.3. The van der Waals surface area contributed by atoms with E-state index in [1.807, 2.05) is 13.0 Å². The second kappa shape index (κ2) is 6.05. The lowest BCUT2D eigenvalue weighted by Gasteiger charge is -2.10. The molecule has 20 heavy (non-hydrogen) atoms. The van der Waals surface area contributed by atoms with Crippen molar-refractivity contribution in [2.45, 2.75) is 13.3 Å². The van der Waals surface area contributed by atoms with E-state index in [0.717, 1.165) is 12.0 Å². The molecule has 0 heterocycles. The maximum atomic E-state index is 13.7. The molecule has 0 fully saturated rings. The number of carbonyl (C=O) groups is 1. The minimum Gasteiger partial charge on any atom is -0.398 e. The van der Waals surface area contributed by atoms with Crippen molar-refractivity contribution in [1.29, 1.82) is 0 Å². The number of nitrogens with two attached hydrogens (primary N) is 1. The Bertz CT molecular complexity index is 638. The van der Waals surface area contributed by atoms with Crippen molar-refractivity contribution in [3.05, 3.63) is 57.8 Å². The molecule has 5 heteroatoms. The van der Waals surface area contributed by atoms with Crippen LogP contribution in [0.4, 0.5) is 15.8 Å². The fourth-order valence-electron chi connectivity index (χ4n) is 1.90. The average molecular weight is 337 g/mol. The maximum Gasteiger partial charge on any atom is 0.259 e. The van der Waals surface area contributed by atoms with Crippen molar-refractivity contribution in [3.63, 3.8) is 0 Å². The number of benzene rings is 2. The van der Waals surface area contributed by atoms with Crippen molar-refractivity contribution in [1.82, 2.24) is 0 Å². The van der Waals surface area contributed by atoms with Gasteiger partial charge in [0.2, 0.25) is 0 Å². The van der Waals surface area contributed by atoms with Crippen molar-refractivity contribution in [2.75, 3.05) is 11.1 Å². The number of anilines is 2. The molecule has 0 aliphatic rings. The topological polar surface area (TPSA) is 55.1 Å². The molecule has 0 aliphatic carbocycles. The van der Waals surface area contributed by atoms with E-state index in [1.165, 1.54) is 12.1 Å². The van der Waals surface area contributed by atoms with Crippen LogP contribution < -0.4 is 11.1 Å². The van der Waals surface area contributed by atoms with Gasteiger partial charge in [-0.2, -0.15) is 0 Å². The van der Waals surface area contributed by atoms with Gasteiger partial charge in [0.1, 0.15) is 5.82 Å². The van der Waals surface area contributed by atoms with E-state index in [1.54, 1.807) is 18.2 Å². The van der Waals surface area contributed by atoms with Gasteiger partial charge in [0.05, 0.1) is 5.56 Å². The molecule has 0 radical (unpaired) electrons. The van der Waals surface area contributed by atoms with Crippen LogP contribution in [0.2, 0.25) is 0 Å². The zero-order valence-corrected chi connectivity index (χ0v) is 12.5. The highest BCUT2D eigenvalue weighted by Gasteiger charge is 2.15. The molecule has 2 aromatic carbocycles. The van der Waals surface area contributed by atoms with Crippen LogP contribution in [0.3, 0.4) is 0 Å². The van der Waals surface area contributed by atoms with Crippen LogP contribution in [0, 0.1) is 5.82 Å². The summed E-state index contributed by atoms with van der Waals surface area (Å²) in [6.45, 7) is 2.00. The molecule has 2 rings (SSSR count). The van der Waals surface area contributed by atoms with Gasteiger partial charge in [-0.25, -0.2) is 4.39 Å². The standard InChI is InChI=1S/C15H14BrFN2O/c1-2-9-6-7-10(8-13(9)18)19-15(20)14-11(16)4-3-5-12(14)17/h3-8H,2,18H2,1H3,(H,19,20). The average Bonchev–Trinajstić information content (AvgIpc) is 2.38. The molecule has 3 nitrogen and oxygen atoms in total. The van der Waals surface area contributed by atoms with Gasteiger partial charge in [0, 0.05) is 15.8 Å². The quantitative estimate of drug-likeness (QED) is 0.832. The molecule has 0 atom stereocenters. The zero-order chi connectivity index (χ0) is 14.7. The monoisotopic (exact) mass is 336 g/mol. The molecule has 0 aromatic heterocycles. The van der Waals surface area contributed by atoms with E-state index in [2.05, 4.69) is 21.2 Å². The summed E-state index contributed by atoms with van der Waals surface area (Å²) in [5.41, 5.74) is 8.01.